The lowest BCUT2D eigenvalue weighted by Crippen LogP contribution is -2.61. The molecule has 0 unspecified atom stereocenters. The largest absolute Gasteiger partial charge is 0.311 e. The van der Waals surface area contributed by atoms with Crippen LogP contribution < -0.4 is 26.2 Å². The molecule has 0 bridgehead atoms. The second kappa shape index (κ2) is 26.8. The quantitative estimate of drug-likeness (QED) is 0.121. The van der Waals surface area contributed by atoms with E-state index in [1.165, 1.54) is 137 Å². The third-order valence-corrected chi connectivity index (χ3v) is 23.0. The molecule has 0 atom stereocenters. The molecule has 0 saturated heterocycles. The van der Waals surface area contributed by atoms with Crippen LogP contribution in [0.3, 0.4) is 0 Å². The standard InChI is InChI=1S/C98H99BN4/c1-95(2,3)79-57-80(96(4,5)6)60-83(59-79)102-89-53-70(64-31-19-13-20-32-64)43-45-85(89)99-86-46-44-71(65-33-21-14-22-34-65)54-90(86)103(84-61-81(97(7,8)9)58-82(62-84)98(10,11)12)92-56-78(55-91(102)93(92)99)94-100-87(76-49-72(66-35-23-15-24-36-66)47-73(50-76)67-37-25-16-26-38-67)63-88(101-94)77-51-74(68-39-27-17-28-40-68)48-75(52-77)69-41-29-18-30-42-69/h15-18,23-30,35-65H,13-14,19-22,31-34H2,1-12H3. The third-order valence-electron chi connectivity index (χ3n) is 23.0. The third kappa shape index (κ3) is 13.4. The Hall–Kier alpha value is -9.84. The van der Waals surface area contributed by atoms with Gasteiger partial charge in [0.1, 0.15) is 0 Å². The number of hydrogen-bond donors (Lipinski definition) is 0. The van der Waals surface area contributed by atoms with Crippen LogP contribution in [0.1, 0.15) is 193 Å². The summed E-state index contributed by atoms with van der Waals surface area (Å²) in [7, 11) is 0. The SMILES string of the molecule is CC(C)(C)c1cc(N2c3cc(C4CCCCC4)ccc3B3c4ccc(C5CCCCC5)cc4N(c4cc(C(C)(C)C)cc(C(C)(C)C)c4)c4cc(-c5nc(-c6cc(-c7ccccc7)cc(-c7ccccc7)c6)cc(-c6cc(-c7ccccc7)cc(-c7ccccc7)c6)n5)cc2c43)cc(C(C)(C)C)c1. The number of aromatic nitrogens is 2. The summed E-state index contributed by atoms with van der Waals surface area (Å²) in [6, 6.07) is 95.4. The Balaban J connectivity index is 1.05. The number of nitrogens with zero attached hydrogens (tertiary/aromatic N) is 4. The molecule has 514 valence electrons. The molecule has 3 heterocycles. The van der Waals surface area contributed by atoms with Crippen LogP contribution in [0.15, 0.2) is 249 Å². The van der Waals surface area contributed by atoms with Gasteiger partial charge >= 0.3 is 0 Å². The lowest BCUT2D eigenvalue weighted by Gasteiger charge is -2.45. The van der Waals surface area contributed by atoms with Crippen LogP contribution in [0.25, 0.3) is 78.4 Å². The van der Waals surface area contributed by atoms with Crippen LogP contribution in [0.5, 0.6) is 0 Å². The summed E-state index contributed by atoms with van der Waals surface area (Å²) in [5, 5.41) is 0. The minimum absolute atomic E-state index is 0.0878. The van der Waals surface area contributed by atoms with Crippen molar-refractivity contribution in [1.82, 2.24) is 9.97 Å². The maximum absolute atomic E-state index is 6.06. The monoisotopic (exact) mass is 1340 g/mol. The lowest BCUT2D eigenvalue weighted by molar-refractivity contribution is 0.444. The molecule has 103 heavy (non-hydrogen) atoms. The van der Waals surface area contributed by atoms with Gasteiger partial charge in [-0.1, -0.05) is 279 Å². The topological polar surface area (TPSA) is 32.3 Å². The minimum Gasteiger partial charge on any atom is -0.311 e. The van der Waals surface area contributed by atoms with Gasteiger partial charge in [0.05, 0.1) is 11.4 Å². The van der Waals surface area contributed by atoms with Crippen LogP contribution in [0.4, 0.5) is 34.1 Å². The van der Waals surface area contributed by atoms with Gasteiger partial charge in [-0.25, -0.2) is 9.97 Å². The zero-order valence-electron chi connectivity index (χ0n) is 62.8. The normalized spacial score (nSPS) is 15.0. The summed E-state index contributed by atoms with van der Waals surface area (Å²) in [6.45, 7) is 28.5. The van der Waals surface area contributed by atoms with Crippen molar-refractivity contribution in [3.8, 4) is 78.4 Å². The van der Waals surface area contributed by atoms with E-state index in [-0.39, 0.29) is 28.4 Å². The van der Waals surface area contributed by atoms with Crippen molar-refractivity contribution in [2.75, 3.05) is 9.80 Å². The van der Waals surface area contributed by atoms with Crippen LogP contribution >= 0.6 is 0 Å². The van der Waals surface area contributed by atoms with Gasteiger partial charge in [-0.05, 0) is 244 Å². The van der Waals surface area contributed by atoms with E-state index in [9.17, 15) is 0 Å². The first-order valence-electron chi connectivity index (χ1n) is 38.3. The Bertz CT molecular complexity index is 4650. The first-order valence-corrected chi connectivity index (χ1v) is 38.3. The predicted molar refractivity (Wildman–Crippen MR) is 441 cm³/mol. The smallest absolute Gasteiger partial charge is 0.252 e. The van der Waals surface area contributed by atoms with Gasteiger partial charge in [-0.15, -0.1) is 0 Å². The van der Waals surface area contributed by atoms with E-state index in [0.717, 1.165) is 84.0 Å². The second-order valence-electron chi connectivity index (χ2n) is 34.4. The first kappa shape index (κ1) is 67.6. The molecule has 0 spiro atoms. The number of fused-ring (bicyclic) bond motifs is 4. The highest BCUT2D eigenvalue weighted by molar-refractivity contribution is 7.00. The molecular weight excluding hydrogens is 1240 g/mol. The number of anilines is 6. The Morgan fingerprint density at radius 2 is 0.592 bits per heavy atom. The number of rotatable bonds is 11. The highest BCUT2D eigenvalue weighted by atomic mass is 15.2. The molecule has 2 aliphatic heterocycles. The summed E-state index contributed by atoms with van der Waals surface area (Å²) in [5.74, 6) is 1.66. The van der Waals surface area contributed by atoms with E-state index < -0.39 is 0 Å². The predicted octanol–water partition coefficient (Wildman–Crippen LogP) is 25.5. The van der Waals surface area contributed by atoms with E-state index in [1.54, 1.807) is 0 Å². The van der Waals surface area contributed by atoms with Crippen molar-refractivity contribution in [3.63, 3.8) is 0 Å². The number of benzene rings is 11. The zero-order chi connectivity index (χ0) is 71.1. The molecule has 0 N–H and O–H groups in total. The van der Waals surface area contributed by atoms with Crippen LogP contribution in [0.2, 0.25) is 0 Å². The zero-order valence-corrected chi connectivity index (χ0v) is 62.8. The highest BCUT2D eigenvalue weighted by Crippen LogP contribution is 2.51. The Morgan fingerprint density at radius 3 is 0.903 bits per heavy atom. The van der Waals surface area contributed by atoms with Gasteiger partial charge in [-0.3, -0.25) is 0 Å². The van der Waals surface area contributed by atoms with E-state index in [4.69, 9.17) is 9.97 Å². The van der Waals surface area contributed by atoms with Crippen molar-refractivity contribution in [2.24, 2.45) is 0 Å². The molecular formula is C98H99BN4. The molecule has 11 aromatic carbocycles. The molecule has 4 nitrogen and oxygen atoms in total. The molecule has 2 saturated carbocycles. The lowest BCUT2D eigenvalue weighted by atomic mass is 9.33. The summed E-state index contributed by atoms with van der Waals surface area (Å²) in [5.41, 5.74) is 32.7. The Labute approximate surface area is 614 Å². The van der Waals surface area contributed by atoms with Crippen molar-refractivity contribution in [3.05, 3.63) is 282 Å². The van der Waals surface area contributed by atoms with Crippen molar-refractivity contribution < 1.29 is 0 Å². The summed E-state index contributed by atoms with van der Waals surface area (Å²) in [6.07, 6.45) is 12.5. The molecule has 4 aliphatic rings. The van der Waals surface area contributed by atoms with Crippen LogP contribution in [0, 0.1) is 0 Å². The van der Waals surface area contributed by atoms with Gasteiger partial charge in [0.25, 0.3) is 6.71 Å². The fourth-order valence-electron chi connectivity index (χ4n) is 16.9. The fourth-order valence-corrected chi connectivity index (χ4v) is 16.9. The van der Waals surface area contributed by atoms with E-state index in [1.807, 2.05) is 0 Å². The van der Waals surface area contributed by atoms with Gasteiger partial charge < -0.3 is 9.80 Å². The average molecular weight is 1340 g/mol. The number of hydrogen-bond acceptors (Lipinski definition) is 4. The van der Waals surface area contributed by atoms with Gasteiger partial charge in [-0.2, -0.15) is 0 Å². The van der Waals surface area contributed by atoms with E-state index >= 15 is 0 Å². The highest BCUT2D eigenvalue weighted by Gasteiger charge is 2.45. The van der Waals surface area contributed by atoms with E-state index in [0.29, 0.717) is 17.7 Å². The van der Waals surface area contributed by atoms with Gasteiger partial charge in [0.15, 0.2) is 5.82 Å². The van der Waals surface area contributed by atoms with Gasteiger partial charge in [0.2, 0.25) is 0 Å². The summed E-state index contributed by atoms with van der Waals surface area (Å²) in [4.78, 5) is 17.6. The van der Waals surface area contributed by atoms with E-state index in [2.05, 4.69) is 342 Å². The van der Waals surface area contributed by atoms with Crippen molar-refractivity contribution >= 4 is 57.2 Å². The minimum atomic E-state index is -0.141. The fraction of sp³-hybridized carbons (Fsp3) is 0.286. The Morgan fingerprint density at radius 1 is 0.282 bits per heavy atom. The maximum Gasteiger partial charge on any atom is 0.252 e. The molecule has 16 rings (SSSR count). The van der Waals surface area contributed by atoms with Crippen molar-refractivity contribution in [2.45, 2.75) is 181 Å². The second-order valence-corrected chi connectivity index (χ2v) is 34.4. The van der Waals surface area contributed by atoms with Crippen LogP contribution in [-0.4, -0.2) is 16.7 Å². The molecule has 5 heteroatoms. The maximum atomic E-state index is 6.06. The molecule has 0 radical (unpaired) electrons. The molecule has 1 aromatic heterocycles. The van der Waals surface area contributed by atoms with Crippen LogP contribution in [-0.2, 0) is 21.7 Å². The Kier molecular flexibility index (Phi) is 17.6. The summed E-state index contributed by atoms with van der Waals surface area (Å²) >= 11 is 0. The molecule has 0 amide bonds. The first-order chi connectivity index (χ1) is 49.5. The molecule has 2 fully saturated rings. The van der Waals surface area contributed by atoms with Crippen molar-refractivity contribution in [1.29, 1.82) is 0 Å². The van der Waals surface area contributed by atoms with Gasteiger partial charge in [0, 0.05) is 50.8 Å². The summed E-state index contributed by atoms with van der Waals surface area (Å²) < 4.78 is 0. The molecule has 2 aliphatic carbocycles. The average Bonchev–Trinajstić information content (AvgIpc) is 0.692. The molecule has 12 aromatic rings.